The largest absolute Gasteiger partial charge is 0.481 e. The molecule has 0 aliphatic rings. The highest BCUT2D eigenvalue weighted by molar-refractivity contribution is 6.27. The molecule has 0 aromatic carbocycles. The molecular weight excluding hydrogens is 1680 g/mol. The highest BCUT2D eigenvalue weighted by Crippen LogP contribution is 2.11. The zero-order valence-electron chi connectivity index (χ0n) is 65.2. The van der Waals surface area contributed by atoms with Gasteiger partial charge in [0.2, 0.25) is 6.10 Å². The molecule has 0 aliphatic heterocycles. The first-order valence-corrected chi connectivity index (χ1v) is 35.0. The Bertz CT molecular complexity index is 2900. The Morgan fingerprint density at radius 2 is 0.262 bits per heavy atom. The average molecular weight is 1800 g/mol. The molecule has 0 rings (SSSR count). The summed E-state index contributed by atoms with van der Waals surface area (Å²) in [7, 11) is 0. The van der Waals surface area contributed by atoms with Gasteiger partial charge in [0, 0.05) is 77.0 Å². The first kappa shape index (κ1) is 135. The molecule has 122 heavy (non-hydrogen) atoms. The van der Waals surface area contributed by atoms with Crippen LogP contribution in [-0.2, 0) is 115 Å². The predicted octanol–water partition coefficient (Wildman–Crippen LogP) is -0.563. The Balaban J connectivity index is -0.000000109. The molecule has 0 aromatic heterocycles. The molecular formula is C67H110O55. The van der Waals surface area contributed by atoms with Gasteiger partial charge in [-0.15, -0.1) is 0 Å². The Hall–Kier alpha value is -13.0. The number of aliphatic carboxylic acids is 24. The van der Waals surface area contributed by atoms with Crippen molar-refractivity contribution in [3.8, 4) is 0 Å². The third kappa shape index (κ3) is 145. The summed E-state index contributed by atoms with van der Waals surface area (Å²) in [6.07, 6.45) is -0.670. The number of carboxylic acids is 24. The van der Waals surface area contributed by atoms with Crippen molar-refractivity contribution in [3.63, 3.8) is 0 Å². The monoisotopic (exact) mass is 1790 g/mol. The van der Waals surface area contributed by atoms with E-state index in [0.29, 0.717) is 57.8 Å². The van der Waals surface area contributed by atoms with E-state index in [0.717, 1.165) is 70.6 Å². The van der Waals surface area contributed by atoms with Gasteiger partial charge in [-0.2, -0.15) is 0 Å². The first-order valence-electron chi connectivity index (χ1n) is 35.0. The highest BCUT2D eigenvalue weighted by atomic mass is 16.5. The smallest absolute Gasteiger partial charge is 0.414 e. The van der Waals surface area contributed by atoms with Crippen LogP contribution in [0.5, 0.6) is 0 Å². The van der Waals surface area contributed by atoms with Gasteiger partial charge in [0.15, 0.2) is 24.4 Å². The van der Waals surface area contributed by atoms with Crippen LogP contribution in [0.15, 0.2) is 0 Å². The Kier molecular flexibility index (Phi) is 102. The SMILES string of the molecule is O=C(O)C(=O)O.O=C(O)C(O)C(=O)O.O=C(O)C(O)C(O)C(=O)O.O=C(O)C(O)C(O)C(O)C(O)C(=O)O.O=C(O)CC(=O)O.O=C(O)CCC(=O)O.O=C(O)CCCC(=O)O.O=C(O)CCCCC(=O)O.O=C(O)CCCCCC(=O)O.O=C(O)CCCCCCC(=O)O.O=C(O)CCCCCCCC(=O)O.O=C(O)CCCCCCCCC(=O)O. The second-order valence-electron chi connectivity index (χ2n) is 23.2. The maximum atomic E-state index is 10.1. The van der Waals surface area contributed by atoms with Gasteiger partial charge in [-0.25, -0.2) is 38.4 Å². The van der Waals surface area contributed by atoms with Crippen LogP contribution < -0.4 is 0 Å². The fraction of sp³-hybridized carbons (Fsp3) is 0.642. The molecule has 6 unspecified atom stereocenters. The van der Waals surface area contributed by atoms with Crippen molar-refractivity contribution in [1.82, 2.24) is 0 Å². The van der Waals surface area contributed by atoms with Crippen LogP contribution in [0, 0.1) is 0 Å². The maximum absolute atomic E-state index is 10.1. The van der Waals surface area contributed by atoms with E-state index in [2.05, 4.69) is 0 Å². The number of rotatable bonds is 54. The van der Waals surface area contributed by atoms with E-state index in [1.807, 2.05) is 0 Å². The van der Waals surface area contributed by atoms with Crippen LogP contribution in [0.1, 0.15) is 231 Å². The molecule has 55 nitrogen and oxygen atoms in total. The summed E-state index contributed by atoms with van der Waals surface area (Å²) in [5.74, 6) is -29.0. The molecule has 0 bridgehead atoms. The molecule has 0 fully saturated rings. The zero-order valence-corrected chi connectivity index (χ0v) is 65.2. The number of carboxylic acid groups (broad SMARTS) is 24. The van der Waals surface area contributed by atoms with Crippen molar-refractivity contribution in [2.45, 2.75) is 274 Å². The third-order valence-corrected chi connectivity index (χ3v) is 12.3. The van der Waals surface area contributed by atoms with Gasteiger partial charge >= 0.3 is 143 Å². The minimum Gasteiger partial charge on any atom is -0.481 e. The van der Waals surface area contributed by atoms with E-state index in [9.17, 15) is 105 Å². The quantitative estimate of drug-likeness (QED) is 0.0206. The van der Waals surface area contributed by atoms with Gasteiger partial charge in [-0.3, -0.25) is 76.7 Å². The number of aliphatic hydroxyl groups excluding tert-OH is 7. The molecule has 708 valence electrons. The molecule has 31 N–H and O–H groups in total. The average Bonchev–Trinajstić information content (AvgIpc) is 0.875. The number of hydrogen-bond acceptors (Lipinski definition) is 31. The number of carbonyl (C=O) groups is 24. The Labute approximate surface area is 688 Å². The molecule has 0 aliphatic carbocycles. The summed E-state index contributed by atoms with van der Waals surface area (Å²) in [6.45, 7) is 0. The molecule has 0 saturated heterocycles. The lowest BCUT2D eigenvalue weighted by Gasteiger charge is -2.21. The highest BCUT2D eigenvalue weighted by Gasteiger charge is 2.37. The number of aliphatic hydroxyl groups is 7. The summed E-state index contributed by atoms with van der Waals surface area (Å²) in [5, 5.41) is 252. The molecule has 0 saturated carbocycles. The number of hydrogen-bond donors (Lipinski definition) is 31. The second kappa shape index (κ2) is 91.9. The van der Waals surface area contributed by atoms with E-state index < -0.39 is 192 Å². The predicted molar refractivity (Wildman–Crippen MR) is 392 cm³/mol. The zero-order chi connectivity index (χ0) is 98.4. The summed E-state index contributed by atoms with van der Waals surface area (Å²) in [6, 6.07) is 0. The lowest BCUT2D eigenvalue weighted by atomic mass is 10.0. The van der Waals surface area contributed by atoms with Crippen molar-refractivity contribution >= 4 is 143 Å². The van der Waals surface area contributed by atoms with Crippen LogP contribution in [-0.4, -0.2) is 344 Å². The van der Waals surface area contributed by atoms with Crippen LogP contribution in [0.3, 0.4) is 0 Å². The molecule has 55 heteroatoms. The molecule has 0 spiro atoms. The molecule has 0 radical (unpaired) electrons. The van der Waals surface area contributed by atoms with E-state index in [1.165, 1.54) is 0 Å². The maximum Gasteiger partial charge on any atom is 0.414 e. The van der Waals surface area contributed by atoms with Crippen molar-refractivity contribution in [3.05, 3.63) is 0 Å². The van der Waals surface area contributed by atoms with Crippen molar-refractivity contribution < 1.29 is 273 Å². The van der Waals surface area contributed by atoms with Gasteiger partial charge in [-0.1, -0.05) is 64.2 Å². The van der Waals surface area contributed by atoms with Gasteiger partial charge in [0.25, 0.3) is 0 Å². The van der Waals surface area contributed by atoms with Crippen molar-refractivity contribution in [2.24, 2.45) is 0 Å². The summed E-state index contributed by atoms with van der Waals surface area (Å²) >= 11 is 0. The van der Waals surface area contributed by atoms with Crippen LogP contribution in [0.2, 0.25) is 0 Å². The van der Waals surface area contributed by atoms with Gasteiger partial charge in [-0.05, 0) is 70.6 Å². The summed E-state index contributed by atoms with van der Waals surface area (Å²) in [5.41, 5.74) is 0. The fourth-order valence-corrected chi connectivity index (χ4v) is 6.31. The van der Waals surface area contributed by atoms with E-state index in [1.54, 1.807) is 0 Å². The number of unbranched alkanes of at least 4 members (excludes halogenated alkanes) is 15. The molecule has 0 aromatic rings. The minimum atomic E-state index is -2.36. The van der Waals surface area contributed by atoms with Gasteiger partial charge in [0.1, 0.15) is 18.6 Å². The first-order chi connectivity index (χ1) is 56.0. The van der Waals surface area contributed by atoms with Gasteiger partial charge in [0.05, 0.1) is 12.8 Å². The molecule has 0 heterocycles. The Morgan fingerprint density at radius 1 is 0.139 bits per heavy atom. The summed E-state index contributed by atoms with van der Waals surface area (Å²) in [4.78, 5) is 235. The topological polar surface area (TPSA) is 1040 Å². The Morgan fingerprint density at radius 3 is 0.361 bits per heavy atom. The van der Waals surface area contributed by atoms with Gasteiger partial charge < -0.3 is 158 Å². The van der Waals surface area contributed by atoms with E-state index in [4.69, 9.17) is 168 Å². The van der Waals surface area contributed by atoms with E-state index >= 15 is 0 Å². The van der Waals surface area contributed by atoms with Crippen molar-refractivity contribution in [1.29, 1.82) is 0 Å². The normalized spacial score (nSPS) is 10.9. The lowest BCUT2D eigenvalue weighted by Crippen LogP contribution is -2.49. The second-order valence-corrected chi connectivity index (χ2v) is 23.2. The molecule has 0 amide bonds. The third-order valence-electron chi connectivity index (χ3n) is 12.3. The fourth-order valence-electron chi connectivity index (χ4n) is 6.31. The van der Waals surface area contributed by atoms with Crippen LogP contribution in [0.4, 0.5) is 0 Å². The minimum absolute atomic E-state index is 0.0628. The van der Waals surface area contributed by atoms with Crippen LogP contribution >= 0.6 is 0 Å². The standard InChI is InChI=1S/C10H18O4.C9H16O4.C8H14O4.C7H12O4.C6H10O8.C6H10O4.C5H8O4.C4H6O6.C4H6O4.C3H4O5.C3H4O4.C2H2O4/c11-9(12)7-5-3-1-2-4-6-8-10(13)14;10-8(11)6-4-2-1-3-5-7-9(12)13;9-7(10)5-3-1-2-4-6-8(11)12;8-6(9)4-2-1-3-5-7(10)11;7-1(3(9)5(11)12)2(8)4(10)6(13)14;7-5(8)3-1-2-4-6(9)10;6-4(7)2-1-3-5(8)9;5-1(3(7)8)2(6)4(9)10;5-3(6)1-2-4(7)8;4-1(2(5)6)3(7)8;4-2(5)1-3(6)7;3-1(4)2(5)6/h1-8H2,(H,11,12)(H,13,14);1-7H2,(H,10,11)(H,12,13);1-6H2,(H,9,10)(H,11,12);1-5H2,(H,8,9)(H,10,11);1-4,7-10H,(H,11,12)(H,13,14);1-4H2,(H,7,8)(H,9,10);1-3H2,(H,6,7)(H,8,9);1-2,5-6H,(H,7,8)(H,9,10);1-2H2,(H,5,6)(H,7,8);1,4H,(H,5,6)(H,7,8);1H2,(H,4,5)(H,6,7);(H,3,4)(H,5,6). The van der Waals surface area contributed by atoms with Crippen molar-refractivity contribution in [2.75, 3.05) is 0 Å². The van der Waals surface area contributed by atoms with Crippen LogP contribution in [0.25, 0.3) is 0 Å². The van der Waals surface area contributed by atoms with E-state index in [-0.39, 0.29) is 96.3 Å². The lowest BCUT2D eigenvalue weighted by molar-refractivity contribution is -0.172. The summed E-state index contributed by atoms with van der Waals surface area (Å²) < 4.78 is 0. The molecule has 6 atom stereocenters.